The maximum absolute atomic E-state index is 5.53. The van der Waals surface area contributed by atoms with E-state index in [2.05, 4.69) is 71.9 Å². The van der Waals surface area contributed by atoms with Gasteiger partial charge in [0.15, 0.2) is 0 Å². The van der Waals surface area contributed by atoms with Crippen LogP contribution in [0.2, 0.25) is 0 Å². The fourth-order valence-corrected chi connectivity index (χ4v) is 2.42. The molecule has 0 radical (unpaired) electrons. The Labute approximate surface area is 124 Å². The average molecular weight is 272 g/mol. The van der Waals surface area contributed by atoms with E-state index in [0.29, 0.717) is 0 Å². The van der Waals surface area contributed by atoms with E-state index < -0.39 is 0 Å². The molecule has 1 aromatic rings. The Hall–Kier alpha value is -1.50. The van der Waals surface area contributed by atoms with E-state index in [9.17, 15) is 0 Å². The second-order valence-corrected chi connectivity index (χ2v) is 6.33. The van der Waals surface area contributed by atoms with Crippen LogP contribution in [-0.2, 0) is 5.41 Å². The average Bonchev–Trinajstić information content (AvgIpc) is 2.38. The van der Waals surface area contributed by atoms with Gasteiger partial charge in [0.05, 0.1) is 7.11 Å². The lowest BCUT2D eigenvalue weighted by Gasteiger charge is -2.25. The van der Waals surface area contributed by atoms with Gasteiger partial charge in [-0.25, -0.2) is 0 Å². The highest BCUT2D eigenvalue weighted by molar-refractivity contribution is 5.61. The van der Waals surface area contributed by atoms with Crippen molar-refractivity contribution < 1.29 is 4.74 Å². The van der Waals surface area contributed by atoms with Gasteiger partial charge in [-0.3, -0.25) is 0 Å². The van der Waals surface area contributed by atoms with Crippen LogP contribution in [0.15, 0.2) is 29.9 Å². The van der Waals surface area contributed by atoms with E-state index in [1.807, 2.05) is 0 Å². The van der Waals surface area contributed by atoms with Crippen LogP contribution in [-0.4, -0.2) is 7.11 Å². The first-order chi connectivity index (χ1) is 9.31. The first-order valence-corrected chi connectivity index (χ1v) is 7.33. The van der Waals surface area contributed by atoms with Crippen LogP contribution in [0.5, 0.6) is 5.75 Å². The molecule has 1 aromatic carbocycles. The smallest absolute Gasteiger partial charge is 0.122 e. The Bertz CT molecular complexity index is 513. The number of allylic oxidation sites excluding steroid dienone is 3. The van der Waals surface area contributed by atoms with Gasteiger partial charge >= 0.3 is 0 Å². The van der Waals surface area contributed by atoms with Crippen LogP contribution in [0.25, 0.3) is 6.08 Å². The van der Waals surface area contributed by atoms with Crippen molar-refractivity contribution in [2.24, 2.45) is 0 Å². The molecule has 0 aromatic heterocycles. The van der Waals surface area contributed by atoms with Crippen LogP contribution >= 0.6 is 0 Å². The second kappa shape index (κ2) is 6.78. The Morgan fingerprint density at radius 3 is 2.40 bits per heavy atom. The molecule has 0 aliphatic heterocycles. The summed E-state index contributed by atoms with van der Waals surface area (Å²) in [7, 11) is 1.74. The molecule has 0 spiro atoms. The van der Waals surface area contributed by atoms with Crippen molar-refractivity contribution in [1.82, 2.24) is 0 Å². The predicted molar refractivity (Wildman–Crippen MR) is 89.5 cm³/mol. The quantitative estimate of drug-likeness (QED) is 0.642. The van der Waals surface area contributed by atoms with Crippen molar-refractivity contribution in [3.8, 4) is 5.75 Å². The third-order valence-electron chi connectivity index (χ3n) is 3.65. The SMILES string of the molecule is CCC(C)=CC=Cc1ccc(OC)c(C(C)(C)C)c1C. The summed E-state index contributed by atoms with van der Waals surface area (Å²) in [6.45, 7) is 13.2. The summed E-state index contributed by atoms with van der Waals surface area (Å²) in [5, 5.41) is 0. The van der Waals surface area contributed by atoms with Gasteiger partial charge in [0.2, 0.25) is 0 Å². The minimum atomic E-state index is 0.0778. The van der Waals surface area contributed by atoms with Crippen molar-refractivity contribution >= 4 is 6.08 Å². The topological polar surface area (TPSA) is 9.23 Å². The largest absolute Gasteiger partial charge is 0.496 e. The highest BCUT2D eigenvalue weighted by Crippen LogP contribution is 2.36. The minimum Gasteiger partial charge on any atom is -0.496 e. The zero-order valence-electron chi connectivity index (χ0n) is 14.0. The molecular weight excluding hydrogens is 244 g/mol. The first-order valence-electron chi connectivity index (χ1n) is 7.33. The number of ether oxygens (including phenoxy) is 1. The van der Waals surface area contributed by atoms with Gasteiger partial charge in [-0.05, 0) is 42.9 Å². The number of rotatable bonds is 4. The number of hydrogen-bond donors (Lipinski definition) is 0. The fourth-order valence-electron chi connectivity index (χ4n) is 2.42. The molecule has 0 atom stereocenters. The maximum Gasteiger partial charge on any atom is 0.122 e. The fraction of sp³-hybridized carbons (Fsp3) is 0.474. The van der Waals surface area contributed by atoms with Gasteiger partial charge in [0, 0.05) is 5.56 Å². The molecule has 0 aliphatic rings. The van der Waals surface area contributed by atoms with Gasteiger partial charge in [0.25, 0.3) is 0 Å². The molecule has 1 rings (SSSR count). The predicted octanol–water partition coefficient (Wildman–Crippen LogP) is 5.67. The molecule has 0 N–H and O–H groups in total. The van der Waals surface area contributed by atoms with E-state index in [1.54, 1.807) is 7.11 Å². The number of benzene rings is 1. The van der Waals surface area contributed by atoms with E-state index >= 15 is 0 Å². The van der Waals surface area contributed by atoms with Crippen molar-refractivity contribution in [2.45, 2.75) is 53.4 Å². The highest BCUT2D eigenvalue weighted by Gasteiger charge is 2.22. The normalized spacial score (nSPS) is 13.1. The Morgan fingerprint density at radius 2 is 1.90 bits per heavy atom. The Kier molecular flexibility index (Phi) is 5.62. The molecule has 110 valence electrons. The van der Waals surface area contributed by atoms with Crippen molar-refractivity contribution in [1.29, 1.82) is 0 Å². The third kappa shape index (κ3) is 4.00. The monoisotopic (exact) mass is 272 g/mol. The lowest BCUT2D eigenvalue weighted by atomic mass is 9.81. The van der Waals surface area contributed by atoms with E-state index in [1.165, 1.54) is 22.3 Å². The van der Waals surface area contributed by atoms with Crippen molar-refractivity contribution in [3.05, 3.63) is 46.5 Å². The maximum atomic E-state index is 5.53. The lowest BCUT2D eigenvalue weighted by molar-refractivity contribution is 0.396. The molecule has 0 saturated heterocycles. The molecular formula is C19H28O. The van der Waals surface area contributed by atoms with E-state index in [-0.39, 0.29) is 5.41 Å². The summed E-state index contributed by atoms with van der Waals surface area (Å²) in [5.41, 5.74) is 5.32. The molecule has 0 amide bonds. The van der Waals surface area contributed by atoms with E-state index in [4.69, 9.17) is 4.74 Å². The Balaban J connectivity index is 3.25. The summed E-state index contributed by atoms with van der Waals surface area (Å²) in [6.07, 6.45) is 7.60. The van der Waals surface area contributed by atoms with Gasteiger partial charge < -0.3 is 4.74 Å². The molecule has 0 heterocycles. The summed E-state index contributed by atoms with van der Waals surface area (Å²) in [4.78, 5) is 0. The second-order valence-electron chi connectivity index (χ2n) is 6.33. The summed E-state index contributed by atoms with van der Waals surface area (Å²) in [6, 6.07) is 4.21. The molecule has 1 heteroatoms. The van der Waals surface area contributed by atoms with Gasteiger partial charge in [-0.15, -0.1) is 0 Å². The van der Waals surface area contributed by atoms with Crippen LogP contribution in [0.1, 0.15) is 57.7 Å². The number of methoxy groups -OCH3 is 1. The van der Waals surface area contributed by atoms with Gasteiger partial charge in [-0.2, -0.15) is 0 Å². The molecule has 20 heavy (non-hydrogen) atoms. The van der Waals surface area contributed by atoms with Crippen LogP contribution in [0.3, 0.4) is 0 Å². The molecule has 0 unspecified atom stereocenters. The summed E-state index contributed by atoms with van der Waals surface area (Å²) in [5.74, 6) is 0.979. The summed E-state index contributed by atoms with van der Waals surface area (Å²) >= 11 is 0. The molecule has 0 fully saturated rings. The lowest BCUT2D eigenvalue weighted by Crippen LogP contribution is -2.15. The minimum absolute atomic E-state index is 0.0778. The first kappa shape index (κ1) is 16.6. The Morgan fingerprint density at radius 1 is 1.25 bits per heavy atom. The van der Waals surface area contributed by atoms with Gasteiger partial charge in [0.1, 0.15) is 5.75 Å². The zero-order chi connectivity index (χ0) is 15.3. The highest BCUT2D eigenvalue weighted by atomic mass is 16.5. The van der Waals surface area contributed by atoms with Crippen molar-refractivity contribution in [2.75, 3.05) is 7.11 Å². The standard InChI is InChI=1S/C19H28O/c1-8-14(2)10-9-11-16-12-13-17(20-7)18(15(16)3)19(4,5)6/h9-13H,8H2,1-7H3. The molecule has 0 aliphatic carbocycles. The molecule has 0 saturated carbocycles. The van der Waals surface area contributed by atoms with E-state index in [0.717, 1.165) is 12.2 Å². The third-order valence-corrected chi connectivity index (χ3v) is 3.65. The molecule has 1 nitrogen and oxygen atoms in total. The number of hydrogen-bond acceptors (Lipinski definition) is 1. The summed E-state index contributed by atoms with van der Waals surface area (Å²) < 4.78 is 5.53. The van der Waals surface area contributed by atoms with Gasteiger partial charge in [-0.1, -0.05) is 57.6 Å². The van der Waals surface area contributed by atoms with Crippen LogP contribution in [0.4, 0.5) is 0 Å². The zero-order valence-corrected chi connectivity index (χ0v) is 14.0. The van der Waals surface area contributed by atoms with Crippen LogP contribution < -0.4 is 4.74 Å². The van der Waals surface area contributed by atoms with Crippen molar-refractivity contribution in [3.63, 3.8) is 0 Å². The molecule has 0 bridgehead atoms. The van der Waals surface area contributed by atoms with Crippen LogP contribution in [0, 0.1) is 6.92 Å².